The van der Waals surface area contributed by atoms with E-state index in [9.17, 15) is 12.8 Å². The monoisotopic (exact) mass is 531 g/mol. The number of hydrogen-bond donors (Lipinski definition) is 1. The molecule has 196 valence electrons. The van der Waals surface area contributed by atoms with Crippen molar-refractivity contribution in [2.75, 3.05) is 26.1 Å². The van der Waals surface area contributed by atoms with E-state index < -0.39 is 27.2 Å². The van der Waals surface area contributed by atoms with Gasteiger partial charge in [-0.15, -0.1) is 10.2 Å². The third-order valence-corrected chi connectivity index (χ3v) is 7.37. The Bertz CT molecular complexity index is 1470. The third kappa shape index (κ3) is 5.11. The minimum absolute atomic E-state index is 0.128. The summed E-state index contributed by atoms with van der Waals surface area (Å²) < 4.78 is 62.5. The molecule has 0 bridgehead atoms. The molecule has 4 aromatic rings. The molecule has 0 aliphatic rings. The number of nitrogens with one attached hydrogen (secondary N) is 1. The predicted molar refractivity (Wildman–Crippen MR) is 133 cm³/mol. The molecule has 0 aliphatic carbocycles. The first kappa shape index (κ1) is 26.0. The molecule has 0 spiro atoms. The number of methoxy groups -OCH3 is 3. The number of pyridine rings is 1. The summed E-state index contributed by atoms with van der Waals surface area (Å²) in [5.74, 6) is 0.341. The number of anilines is 1. The van der Waals surface area contributed by atoms with Crippen molar-refractivity contribution >= 4 is 16.0 Å². The van der Waals surface area contributed by atoms with Gasteiger partial charge in [-0.05, 0) is 37.3 Å². The lowest BCUT2D eigenvalue weighted by Gasteiger charge is -2.23. The zero-order chi connectivity index (χ0) is 26.7. The Morgan fingerprint density at radius 2 is 1.73 bits per heavy atom. The van der Waals surface area contributed by atoms with E-state index in [1.807, 2.05) is 0 Å². The summed E-state index contributed by atoms with van der Waals surface area (Å²) in [7, 11) is 1.90. The Balaban J connectivity index is 1.82. The third-order valence-electron chi connectivity index (χ3n) is 5.68. The van der Waals surface area contributed by atoms with Crippen LogP contribution in [0.15, 0.2) is 48.8 Å². The van der Waals surface area contributed by atoms with Gasteiger partial charge in [0.15, 0.2) is 5.82 Å². The molecule has 3 aromatic heterocycles. The number of hydrogen-bond acceptors (Lipinski definition) is 9. The molecule has 1 N–H and O–H groups in total. The lowest BCUT2D eigenvalue weighted by molar-refractivity contribution is 0.0988. The number of sulfonamides is 1. The Morgan fingerprint density at radius 3 is 2.27 bits per heavy atom. The van der Waals surface area contributed by atoms with Crippen LogP contribution in [0.25, 0.3) is 17.2 Å². The minimum atomic E-state index is -4.16. The van der Waals surface area contributed by atoms with Crippen LogP contribution >= 0.6 is 0 Å². The van der Waals surface area contributed by atoms with Crippen molar-refractivity contribution < 1.29 is 27.0 Å². The summed E-state index contributed by atoms with van der Waals surface area (Å²) >= 11 is 0. The smallest absolute Gasteiger partial charge is 0.243 e. The summed E-state index contributed by atoms with van der Waals surface area (Å²) in [5, 5.41) is 11.6. The van der Waals surface area contributed by atoms with Crippen LogP contribution in [0.3, 0.4) is 0 Å². The fourth-order valence-corrected chi connectivity index (χ4v) is 4.95. The molecule has 0 saturated heterocycles. The van der Waals surface area contributed by atoms with E-state index in [0.29, 0.717) is 22.9 Å². The predicted octanol–water partition coefficient (Wildman–Crippen LogP) is 2.74. The van der Waals surface area contributed by atoms with Gasteiger partial charge in [-0.2, -0.15) is 5.10 Å². The lowest BCUT2D eigenvalue weighted by Crippen LogP contribution is -2.33. The number of benzene rings is 1. The van der Waals surface area contributed by atoms with Gasteiger partial charge >= 0.3 is 0 Å². The molecule has 0 fully saturated rings. The number of rotatable bonds is 10. The maximum absolute atomic E-state index is 13.5. The van der Waals surface area contributed by atoms with Crippen molar-refractivity contribution in [1.29, 1.82) is 0 Å². The molecule has 14 heteroatoms. The van der Waals surface area contributed by atoms with E-state index >= 15 is 0 Å². The van der Waals surface area contributed by atoms with Crippen LogP contribution in [0.1, 0.15) is 18.7 Å². The van der Waals surface area contributed by atoms with Crippen LogP contribution in [0.5, 0.6) is 11.5 Å². The number of ether oxygens (including phenoxy) is 3. The van der Waals surface area contributed by atoms with E-state index in [0.717, 1.165) is 6.20 Å². The Morgan fingerprint density at radius 1 is 1.03 bits per heavy atom. The van der Waals surface area contributed by atoms with E-state index in [1.54, 1.807) is 42.2 Å². The second-order valence-corrected chi connectivity index (χ2v) is 10.0. The van der Waals surface area contributed by atoms with Crippen molar-refractivity contribution in [1.82, 2.24) is 29.5 Å². The second kappa shape index (κ2) is 10.5. The molecule has 1 aromatic carbocycles. The zero-order valence-electron chi connectivity index (χ0n) is 20.8. The fraction of sp³-hybridized carbons (Fsp3) is 0.304. The average molecular weight is 532 g/mol. The van der Waals surface area contributed by atoms with Crippen LogP contribution in [0, 0.1) is 5.82 Å². The van der Waals surface area contributed by atoms with Crippen molar-refractivity contribution in [3.63, 3.8) is 0 Å². The summed E-state index contributed by atoms with van der Waals surface area (Å²) in [5.41, 5.74) is 1.06. The highest BCUT2D eigenvalue weighted by atomic mass is 32.2. The van der Waals surface area contributed by atoms with Gasteiger partial charge in [-0.1, -0.05) is 6.07 Å². The zero-order valence-corrected chi connectivity index (χ0v) is 21.6. The van der Waals surface area contributed by atoms with Gasteiger partial charge in [0.25, 0.3) is 0 Å². The molecule has 3 heterocycles. The van der Waals surface area contributed by atoms with Crippen LogP contribution < -0.4 is 14.2 Å². The van der Waals surface area contributed by atoms with Crippen molar-refractivity contribution in [3.05, 3.63) is 60.3 Å². The largest absolute Gasteiger partial charge is 0.494 e. The van der Waals surface area contributed by atoms with E-state index in [2.05, 4.69) is 25.0 Å². The summed E-state index contributed by atoms with van der Waals surface area (Å²) in [6, 6.07) is 9.40. The van der Waals surface area contributed by atoms with Crippen molar-refractivity contribution in [2.24, 2.45) is 7.05 Å². The van der Waals surface area contributed by atoms with Gasteiger partial charge in [0.1, 0.15) is 40.1 Å². The molecule has 2 unspecified atom stereocenters. The standard InChI is InChI=1S/C23H26FN7O5S/c1-14(21(36-5)16-10-9-15(24)13-25-16)37(32,33)29-23-27-26-22(17-11-12-30(2)28-17)31(23)20-18(34-3)7-6-8-19(20)35-4/h6-14,21H,1-5H3,(H,27,29). The molecule has 12 nitrogen and oxygen atoms in total. The molecule has 2 atom stereocenters. The van der Waals surface area contributed by atoms with Crippen LogP contribution in [-0.2, 0) is 21.8 Å². The molecule has 0 saturated carbocycles. The highest BCUT2D eigenvalue weighted by Crippen LogP contribution is 2.37. The van der Waals surface area contributed by atoms with Crippen LogP contribution in [0.4, 0.5) is 10.3 Å². The van der Waals surface area contributed by atoms with Crippen molar-refractivity contribution in [2.45, 2.75) is 18.3 Å². The van der Waals surface area contributed by atoms with Crippen molar-refractivity contribution in [3.8, 4) is 28.7 Å². The molecule has 0 radical (unpaired) electrons. The Labute approximate surface area is 213 Å². The molecule has 0 aliphatic heterocycles. The van der Waals surface area contributed by atoms with Gasteiger partial charge in [-0.25, -0.2) is 12.8 Å². The van der Waals surface area contributed by atoms with Crippen LogP contribution in [-0.4, -0.2) is 64.5 Å². The number of nitrogens with zero attached hydrogens (tertiary/aromatic N) is 6. The van der Waals surface area contributed by atoms with Gasteiger partial charge in [-0.3, -0.25) is 19.0 Å². The second-order valence-electron chi connectivity index (χ2n) is 7.98. The first-order valence-corrected chi connectivity index (χ1v) is 12.6. The average Bonchev–Trinajstić information content (AvgIpc) is 3.50. The number of para-hydroxylation sites is 1. The Kier molecular flexibility index (Phi) is 7.40. The molecule has 37 heavy (non-hydrogen) atoms. The quantitative estimate of drug-likeness (QED) is 0.328. The number of aryl methyl sites for hydroxylation is 1. The van der Waals surface area contributed by atoms with E-state index in [4.69, 9.17) is 14.2 Å². The van der Waals surface area contributed by atoms with Gasteiger partial charge in [0.2, 0.25) is 16.0 Å². The maximum atomic E-state index is 13.5. The van der Waals surface area contributed by atoms with E-state index in [1.165, 1.54) is 45.0 Å². The molecule has 0 amide bonds. The highest BCUT2D eigenvalue weighted by Gasteiger charge is 2.34. The van der Waals surface area contributed by atoms with Gasteiger partial charge in [0.05, 0.1) is 26.1 Å². The van der Waals surface area contributed by atoms with Gasteiger partial charge in [0, 0.05) is 20.4 Å². The lowest BCUT2D eigenvalue weighted by atomic mass is 10.2. The fourth-order valence-electron chi connectivity index (χ4n) is 3.81. The summed E-state index contributed by atoms with van der Waals surface area (Å²) in [4.78, 5) is 3.98. The summed E-state index contributed by atoms with van der Waals surface area (Å²) in [6.07, 6.45) is 1.72. The van der Waals surface area contributed by atoms with Gasteiger partial charge < -0.3 is 14.2 Å². The molecular formula is C23H26FN7O5S. The summed E-state index contributed by atoms with van der Waals surface area (Å²) in [6.45, 7) is 1.45. The number of halogens is 1. The topological polar surface area (TPSA) is 135 Å². The normalized spacial score (nSPS) is 13.2. The maximum Gasteiger partial charge on any atom is 0.243 e. The molecule has 4 rings (SSSR count). The minimum Gasteiger partial charge on any atom is -0.494 e. The van der Waals surface area contributed by atoms with E-state index in [-0.39, 0.29) is 17.5 Å². The highest BCUT2D eigenvalue weighted by molar-refractivity contribution is 7.93. The van der Waals surface area contributed by atoms with Crippen LogP contribution in [0.2, 0.25) is 0 Å². The first-order chi connectivity index (χ1) is 17.7. The molecular weight excluding hydrogens is 505 g/mol. The number of aromatic nitrogens is 6. The Hall–Kier alpha value is -4.04. The first-order valence-electron chi connectivity index (χ1n) is 11.0. The SMILES string of the molecule is COc1cccc(OC)c1-n1c(NS(=O)(=O)C(C)C(OC)c2ccc(F)cn2)nnc1-c1ccn(C)n1.